The van der Waals surface area contributed by atoms with Crippen LogP contribution in [0.4, 0.5) is 0 Å². The van der Waals surface area contributed by atoms with Crippen LogP contribution in [0.3, 0.4) is 0 Å². The zero-order chi connectivity index (χ0) is 46.5. The summed E-state index contributed by atoms with van der Waals surface area (Å²) >= 11 is 0. The Morgan fingerprint density at radius 2 is 0.569 bits per heavy atom. The summed E-state index contributed by atoms with van der Waals surface area (Å²) in [5.74, 6) is 0. The molecule has 0 spiro atoms. The molecule has 4 aromatic rings. The fourth-order valence-electron chi connectivity index (χ4n) is 9.38. The first-order chi connectivity index (χ1) is 31.0. The van der Waals surface area contributed by atoms with Gasteiger partial charge in [0.25, 0.3) is 0 Å². The molecule has 0 saturated heterocycles. The van der Waals surface area contributed by atoms with Crippen molar-refractivity contribution in [3.8, 4) is 0 Å². The Balaban J connectivity index is 0.000000440. The molecule has 0 N–H and O–H groups in total. The van der Waals surface area contributed by atoms with E-state index in [1.54, 1.807) is 12.1 Å². The summed E-state index contributed by atoms with van der Waals surface area (Å²) in [5, 5.41) is 3.25. The molecule has 0 radical (unpaired) electrons. The number of rotatable bonds is 34. The van der Waals surface area contributed by atoms with Crippen LogP contribution in [0.2, 0.25) is 0 Å². The van der Waals surface area contributed by atoms with Gasteiger partial charge in [0.15, 0.2) is 0 Å². The second-order valence-electron chi connectivity index (χ2n) is 18.5. The van der Waals surface area contributed by atoms with Crippen LogP contribution in [0.15, 0.2) is 70.5 Å². The standard InChI is InChI=1S/2C28H44O3S.Ca/c2*1-3-5-7-9-11-13-15-18-24-22-23-27(32(29,30)31)28-25(20-17-21-26(24)28)19-16-14-12-10-8-6-4-2;/h2*17,20-23H,3-16,18-19H2,1-2H3,(H,29,30,31);/q;;+2/p-2. The van der Waals surface area contributed by atoms with Crippen LogP contribution in [0.25, 0.3) is 21.5 Å². The van der Waals surface area contributed by atoms with E-state index in [0.717, 1.165) is 86.1 Å². The molecule has 0 heterocycles. The van der Waals surface area contributed by atoms with Crippen molar-refractivity contribution in [3.05, 3.63) is 82.9 Å². The van der Waals surface area contributed by atoms with Gasteiger partial charge in [0.1, 0.15) is 20.2 Å². The third-order valence-electron chi connectivity index (χ3n) is 13.1. The molecule has 0 amide bonds. The zero-order valence-electron chi connectivity index (χ0n) is 41.4. The smallest absolute Gasteiger partial charge is 0.744 e. The van der Waals surface area contributed by atoms with Gasteiger partial charge in [0.2, 0.25) is 0 Å². The Hall–Kier alpha value is -1.52. The van der Waals surface area contributed by atoms with Gasteiger partial charge in [-0.2, -0.15) is 0 Å². The normalized spacial score (nSPS) is 11.8. The van der Waals surface area contributed by atoms with Gasteiger partial charge in [-0.25, -0.2) is 16.8 Å². The average molecular weight is 960 g/mol. The molecule has 0 unspecified atom stereocenters. The molecular formula is C56H86CaO6S2. The summed E-state index contributed by atoms with van der Waals surface area (Å²) in [5.41, 5.74) is 4.35. The minimum Gasteiger partial charge on any atom is -0.744 e. The summed E-state index contributed by atoms with van der Waals surface area (Å²) in [6, 6.07) is 18.9. The van der Waals surface area contributed by atoms with E-state index < -0.39 is 20.2 Å². The topological polar surface area (TPSA) is 114 Å². The van der Waals surface area contributed by atoms with E-state index in [0.29, 0.717) is 10.8 Å². The van der Waals surface area contributed by atoms with Crippen LogP contribution < -0.4 is 0 Å². The number of hydrogen-bond donors (Lipinski definition) is 0. The first kappa shape index (κ1) is 59.6. The van der Waals surface area contributed by atoms with E-state index in [-0.39, 0.29) is 47.5 Å². The Kier molecular flexibility index (Phi) is 31.8. The molecule has 0 aromatic heterocycles. The first-order valence-electron chi connectivity index (χ1n) is 26.0. The molecule has 6 nitrogen and oxygen atoms in total. The number of unbranched alkanes of at least 4 members (excludes halogenated alkanes) is 24. The predicted molar refractivity (Wildman–Crippen MR) is 276 cm³/mol. The molecule has 0 fully saturated rings. The molecule has 360 valence electrons. The minimum absolute atomic E-state index is 0. The zero-order valence-corrected chi connectivity index (χ0v) is 45.2. The SMILES string of the molecule is CCCCCCCCCc1ccc(S(=O)(=O)[O-])c2c(CCCCCCCCC)cccc12.CCCCCCCCCc1ccc(S(=O)(=O)[O-])c2c(CCCCCCCCC)cccc12.[Ca+2]. The summed E-state index contributed by atoms with van der Waals surface area (Å²) in [6.45, 7) is 8.92. The molecule has 4 rings (SSSR count). The Morgan fingerprint density at radius 1 is 0.323 bits per heavy atom. The van der Waals surface area contributed by atoms with E-state index in [9.17, 15) is 25.9 Å². The van der Waals surface area contributed by atoms with Gasteiger partial charge < -0.3 is 9.11 Å². The van der Waals surface area contributed by atoms with Crippen LogP contribution in [0, 0.1) is 0 Å². The van der Waals surface area contributed by atoms with Gasteiger partial charge in [0, 0.05) is 10.8 Å². The maximum absolute atomic E-state index is 12.0. The van der Waals surface area contributed by atoms with Gasteiger partial charge in [0.05, 0.1) is 9.79 Å². The minimum atomic E-state index is -4.50. The fourth-order valence-corrected chi connectivity index (χ4v) is 10.8. The van der Waals surface area contributed by atoms with Crippen LogP contribution >= 0.6 is 0 Å². The van der Waals surface area contributed by atoms with Crippen molar-refractivity contribution in [3.63, 3.8) is 0 Å². The largest absolute Gasteiger partial charge is 2.00 e. The molecule has 9 heteroatoms. The number of aryl methyl sites for hydroxylation is 4. The van der Waals surface area contributed by atoms with E-state index in [1.807, 2.05) is 48.5 Å². The van der Waals surface area contributed by atoms with Crippen LogP contribution in [-0.2, 0) is 45.9 Å². The first-order valence-corrected chi connectivity index (χ1v) is 28.8. The molecule has 0 aliphatic rings. The van der Waals surface area contributed by atoms with Crippen molar-refractivity contribution >= 4 is 79.5 Å². The van der Waals surface area contributed by atoms with Gasteiger partial charge in [-0.1, -0.05) is 230 Å². The van der Waals surface area contributed by atoms with Crippen molar-refractivity contribution < 1.29 is 25.9 Å². The predicted octanol–water partition coefficient (Wildman–Crippen LogP) is 16.3. The summed E-state index contributed by atoms with van der Waals surface area (Å²) < 4.78 is 72.1. The van der Waals surface area contributed by atoms with Crippen LogP contribution in [0.5, 0.6) is 0 Å². The molecule has 0 bridgehead atoms. The summed E-state index contributed by atoms with van der Waals surface area (Å²) in [4.78, 5) is -0.0938. The van der Waals surface area contributed by atoms with Gasteiger partial charge in [-0.05, 0) is 96.5 Å². The van der Waals surface area contributed by atoms with Crippen LogP contribution in [0.1, 0.15) is 230 Å². The van der Waals surface area contributed by atoms with E-state index in [1.165, 1.54) is 152 Å². The maximum Gasteiger partial charge on any atom is 2.00 e. The average Bonchev–Trinajstić information content (AvgIpc) is 3.27. The van der Waals surface area contributed by atoms with Crippen molar-refractivity contribution in [2.75, 3.05) is 0 Å². The summed E-state index contributed by atoms with van der Waals surface area (Å²) in [7, 11) is -9.00. The van der Waals surface area contributed by atoms with Crippen molar-refractivity contribution in [2.24, 2.45) is 0 Å². The maximum atomic E-state index is 12.0. The second-order valence-corrected chi connectivity index (χ2v) is 21.2. The Morgan fingerprint density at radius 3 is 0.831 bits per heavy atom. The summed E-state index contributed by atoms with van der Waals surface area (Å²) in [6.07, 6.45) is 38.1. The molecule has 0 aliphatic carbocycles. The fraction of sp³-hybridized carbons (Fsp3) is 0.643. The second kappa shape index (κ2) is 34.7. The van der Waals surface area contributed by atoms with Crippen molar-refractivity contribution in [1.29, 1.82) is 0 Å². The van der Waals surface area contributed by atoms with E-state index in [4.69, 9.17) is 0 Å². The molecular weight excluding hydrogens is 873 g/mol. The third kappa shape index (κ3) is 22.6. The van der Waals surface area contributed by atoms with Gasteiger partial charge in [-0.3, -0.25) is 0 Å². The van der Waals surface area contributed by atoms with Gasteiger partial charge >= 0.3 is 37.7 Å². The molecule has 0 atom stereocenters. The molecule has 4 aromatic carbocycles. The molecule has 65 heavy (non-hydrogen) atoms. The Labute approximate surface area is 427 Å². The molecule has 0 saturated carbocycles. The quantitative estimate of drug-likeness (QED) is 0.0262. The van der Waals surface area contributed by atoms with E-state index >= 15 is 0 Å². The molecule has 0 aliphatic heterocycles. The number of fused-ring (bicyclic) bond motifs is 2. The van der Waals surface area contributed by atoms with Crippen molar-refractivity contribution in [2.45, 2.75) is 243 Å². The Bertz CT molecular complexity index is 1960. The monoisotopic (exact) mass is 959 g/mol. The van der Waals surface area contributed by atoms with Gasteiger partial charge in [-0.15, -0.1) is 0 Å². The van der Waals surface area contributed by atoms with Crippen LogP contribution in [-0.4, -0.2) is 63.7 Å². The third-order valence-corrected chi connectivity index (χ3v) is 14.9. The van der Waals surface area contributed by atoms with E-state index in [2.05, 4.69) is 27.7 Å². The number of benzene rings is 4. The number of hydrogen-bond acceptors (Lipinski definition) is 6. The van der Waals surface area contributed by atoms with Crippen molar-refractivity contribution in [1.82, 2.24) is 0 Å².